The van der Waals surface area contributed by atoms with Crippen molar-refractivity contribution in [1.29, 1.82) is 0 Å². The molecule has 2 aliphatic carbocycles. The summed E-state index contributed by atoms with van der Waals surface area (Å²) < 4.78 is 1.37. The summed E-state index contributed by atoms with van der Waals surface area (Å²) in [6.07, 6.45) is 11.0. The minimum absolute atomic E-state index is 0. The molecule has 158 valence electrons. The first-order valence-corrected chi connectivity index (χ1v) is 10.8. The fourth-order valence-electron chi connectivity index (χ4n) is 3.40. The van der Waals surface area contributed by atoms with Gasteiger partial charge in [0.25, 0.3) is 0 Å². The van der Waals surface area contributed by atoms with Gasteiger partial charge in [0.2, 0.25) is 0 Å². The quantitative estimate of drug-likeness (QED) is 0.279. The predicted octanol–water partition coefficient (Wildman–Crippen LogP) is 0.762. The van der Waals surface area contributed by atoms with Gasteiger partial charge in [-0.25, -0.2) is 12.2 Å². The molecule has 3 aromatic carbocycles. The smallest absolute Gasteiger partial charge is 0.0253 e. The Labute approximate surface area is 211 Å². The van der Waals surface area contributed by atoms with Gasteiger partial charge in [0, 0.05) is 0 Å². The number of rotatable bonds is 1. The van der Waals surface area contributed by atoms with Crippen LogP contribution in [0.2, 0.25) is 0 Å². The van der Waals surface area contributed by atoms with E-state index in [-0.39, 0.29) is 24.8 Å². The summed E-state index contributed by atoms with van der Waals surface area (Å²) in [4.78, 5) is 0. The molecule has 5 rings (SSSR count). The molecule has 0 amide bonds. The second-order valence-corrected chi connectivity index (χ2v) is 8.54. The fraction of sp³-hybridized carbons (Fsp3) is 0.179. The summed E-state index contributed by atoms with van der Waals surface area (Å²) in [6, 6.07) is 24.9. The molecule has 0 saturated heterocycles. The Kier molecular flexibility index (Phi) is 12.0. The second-order valence-electron chi connectivity index (χ2n) is 7.37. The summed E-state index contributed by atoms with van der Waals surface area (Å²) in [5, 5.41) is 0. The molecule has 2 aliphatic rings. The van der Waals surface area contributed by atoms with E-state index < -0.39 is 0 Å². The van der Waals surface area contributed by atoms with E-state index in [0.717, 1.165) is 12.8 Å². The van der Waals surface area contributed by atoms with Crippen LogP contribution in [0.1, 0.15) is 41.2 Å². The van der Waals surface area contributed by atoms with Gasteiger partial charge in [0.15, 0.2) is 0 Å². The van der Waals surface area contributed by atoms with Gasteiger partial charge in [0.1, 0.15) is 0 Å². The molecule has 31 heavy (non-hydrogen) atoms. The first-order chi connectivity index (χ1) is 14.0. The third-order valence-corrected chi connectivity index (χ3v) is 5.33. The van der Waals surface area contributed by atoms with Crippen molar-refractivity contribution in [3.63, 3.8) is 0 Å². The minimum Gasteiger partial charge on any atom is -1.00 e. The van der Waals surface area contributed by atoms with Gasteiger partial charge in [0.05, 0.1) is 0 Å². The van der Waals surface area contributed by atoms with Gasteiger partial charge in [-0.2, -0.15) is 29.8 Å². The molecule has 3 aromatic rings. The number of allylic oxidation sites excluding steroid dienone is 4. The monoisotopic (exact) mass is 480 g/mol. The van der Waals surface area contributed by atoms with Crippen LogP contribution in [0.5, 0.6) is 0 Å². The molecule has 0 nitrogen and oxygen atoms in total. The zero-order valence-electron chi connectivity index (χ0n) is 18.2. The topological polar surface area (TPSA) is 0 Å². The second kappa shape index (κ2) is 13.7. The molecule has 0 heterocycles. The van der Waals surface area contributed by atoms with Gasteiger partial charge in [-0.1, -0.05) is 36.2 Å². The van der Waals surface area contributed by atoms with E-state index in [4.69, 9.17) is 0 Å². The normalized spacial score (nSPS) is 11.5. The molecular formula is C28H26Cl2Ti-2. The fourth-order valence-corrected chi connectivity index (χ4v) is 3.66. The van der Waals surface area contributed by atoms with Crippen LogP contribution >= 0.6 is 0 Å². The Morgan fingerprint density at radius 3 is 2.16 bits per heavy atom. The largest absolute Gasteiger partial charge is 1.00 e. The van der Waals surface area contributed by atoms with Crippen molar-refractivity contribution in [3.05, 3.63) is 119 Å². The van der Waals surface area contributed by atoms with Crippen LogP contribution in [-0.4, -0.2) is 3.81 Å². The summed E-state index contributed by atoms with van der Waals surface area (Å²) in [7, 11) is 0. The number of fused-ring (bicyclic) bond motifs is 3. The Morgan fingerprint density at radius 2 is 1.61 bits per heavy atom. The number of hydrogen-bond acceptors (Lipinski definition) is 0. The Hall–Kier alpha value is -1.70. The van der Waals surface area contributed by atoms with E-state index in [9.17, 15) is 0 Å². The Balaban J connectivity index is 0.000000258. The number of aryl methyl sites for hydroxylation is 2. The van der Waals surface area contributed by atoms with E-state index in [2.05, 4.69) is 114 Å². The predicted molar refractivity (Wildman–Crippen MR) is 121 cm³/mol. The summed E-state index contributed by atoms with van der Waals surface area (Å²) in [6.45, 7) is 6.38. The zero-order chi connectivity index (χ0) is 20.6. The number of benzene rings is 3. The SMILES string of the molecule is C[C](=[Ti+2])c1ccccc1.Cc1[c-]c2c(cc1)-c1ccc(C)cc1C2.[C-]1=CC=CC1.[Cl-].[Cl-]. The third kappa shape index (κ3) is 8.06. The van der Waals surface area contributed by atoms with Crippen LogP contribution in [0.4, 0.5) is 0 Å². The van der Waals surface area contributed by atoms with Crippen LogP contribution in [-0.2, 0) is 26.4 Å². The van der Waals surface area contributed by atoms with Gasteiger partial charge < -0.3 is 24.8 Å². The number of hydrogen-bond donors (Lipinski definition) is 0. The van der Waals surface area contributed by atoms with Crippen molar-refractivity contribution >= 4 is 3.81 Å². The number of halogens is 2. The maximum Gasteiger partial charge on any atom is -0.0253 e. The van der Waals surface area contributed by atoms with Gasteiger partial charge in [-0.05, 0) is 18.9 Å². The molecule has 0 bridgehead atoms. The van der Waals surface area contributed by atoms with Crippen molar-refractivity contribution in [2.24, 2.45) is 0 Å². The van der Waals surface area contributed by atoms with E-state index in [1.807, 2.05) is 18.2 Å². The average Bonchev–Trinajstić information content (AvgIpc) is 3.40. The summed E-state index contributed by atoms with van der Waals surface area (Å²) in [5.41, 5.74) is 9.49. The van der Waals surface area contributed by atoms with Crippen LogP contribution in [0, 0.1) is 26.0 Å². The first kappa shape index (κ1) is 27.3. The average molecular weight is 481 g/mol. The molecule has 0 spiro atoms. The Morgan fingerprint density at radius 1 is 0.903 bits per heavy atom. The molecule has 0 aromatic heterocycles. The van der Waals surface area contributed by atoms with Crippen molar-refractivity contribution in [1.82, 2.24) is 0 Å². The van der Waals surface area contributed by atoms with E-state index in [0.29, 0.717) is 0 Å². The van der Waals surface area contributed by atoms with Crippen molar-refractivity contribution in [2.75, 3.05) is 0 Å². The molecule has 0 unspecified atom stereocenters. The van der Waals surface area contributed by atoms with Crippen LogP contribution in [0.3, 0.4) is 0 Å². The molecular weight excluding hydrogens is 455 g/mol. The molecule has 3 heteroatoms. The minimum atomic E-state index is 0. The van der Waals surface area contributed by atoms with E-state index in [1.54, 1.807) is 0 Å². The van der Waals surface area contributed by atoms with Crippen molar-refractivity contribution < 1.29 is 44.8 Å². The maximum atomic E-state index is 3.45. The summed E-state index contributed by atoms with van der Waals surface area (Å²) in [5.74, 6) is 0. The van der Waals surface area contributed by atoms with Gasteiger partial charge in [-0.3, -0.25) is 6.08 Å². The third-order valence-electron chi connectivity index (χ3n) is 4.88. The van der Waals surface area contributed by atoms with E-state index >= 15 is 0 Å². The van der Waals surface area contributed by atoms with Crippen LogP contribution < -0.4 is 24.8 Å². The first-order valence-electron chi connectivity index (χ1n) is 9.98. The van der Waals surface area contributed by atoms with Crippen LogP contribution in [0.15, 0.2) is 78.9 Å². The standard InChI is InChI=1S/C15H13.C8H8.C5H5.2ClH.Ti/c1-10-3-5-14-12(7-10)9-13-8-11(2)4-6-15(13)14;1-2-8-6-4-3-5-7-8;1-2-4-5-3-1;;;/h3-7H,9H2,1-2H3;3-7H,1H3;1-3H,4H2;2*1H;/q-1;;-1;;;+2/p-2. The van der Waals surface area contributed by atoms with Crippen molar-refractivity contribution in [3.8, 4) is 11.1 Å². The molecule has 0 fully saturated rings. The van der Waals surface area contributed by atoms with Gasteiger partial charge in [-0.15, -0.1) is 17.5 Å². The zero-order valence-corrected chi connectivity index (χ0v) is 21.2. The van der Waals surface area contributed by atoms with Crippen molar-refractivity contribution in [2.45, 2.75) is 33.6 Å². The molecule has 0 aliphatic heterocycles. The molecule has 0 N–H and O–H groups in total. The molecule has 0 saturated carbocycles. The maximum absolute atomic E-state index is 3.45. The van der Waals surface area contributed by atoms with E-state index in [1.165, 1.54) is 42.8 Å². The Bertz CT molecular complexity index is 990. The summed E-state index contributed by atoms with van der Waals surface area (Å²) >= 11 is 2.12. The molecule has 0 atom stereocenters. The van der Waals surface area contributed by atoms with Gasteiger partial charge >= 0.3 is 66.6 Å². The molecule has 0 radical (unpaired) electrons. The van der Waals surface area contributed by atoms with Crippen LogP contribution in [0.25, 0.3) is 11.1 Å².